The molecule has 5 aromatic rings. The Morgan fingerprint density at radius 3 is 2.30 bits per heavy atom. The van der Waals surface area contributed by atoms with Gasteiger partial charge in [-0.3, -0.25) is 9.36 Å². The van der Waals surface area contributed by atoms with Gasteiger partial charge in [0.05, 0.1) is 61.2 Å². The highest BCUT2D eigenvalue weighted by Gasteiger charge is 2.39. The number of tetrazole rings is 1. The molecule has 0 amide bonds. The van der Waals surface area contributed by atoms with Gasteiger partial charge in [-0.05, 0) is 60.7 Å². The summed E-state index contributed by atoms with van der Waals surface area (Å²) in [6, 6.07) is 23.3. The summed E-state index contributed by atoms with van der Waals surface area (Å²) in [5.41, 5.74) is 13.1. The van der Waals surface area contributed by atoms with Crippen molar-refractivity contribution in [1.29, 1.82) is 0 Å². The number of benzene rings is 3. The maximum atomic E-state index is 13.6. The van der Waals surface area contributed by atoms with Crippen molar-refractivity contribution in [2.24, 2.45) is 5.73 Å². The molecule has 2 aromatic heterocycles. The van der Waals surface area contributed by atoms with Gasteiger partial charge in [0.1, 0.15) is 5.82 Å². The molecule has 4 N–H and O–H groups in total. The van der Waals surface area contributed by atoms with Crippen molar-refractivity contribution in [2.45, 2.75) is 65.8 Å². The first-order valence-corrected chi connectivity index (χ1v) is 21.8. The lowest BCUT2D eigenvalue weighted by Gasteiger charge is -2.31. The van der Waals surface area contributed by atoms with Gasteiger partial charge in [0, 0.05) is 61.0 Å². The smallest absolute Gasteiger partial charge is 0.336 e. The van der Waals surface area contributed by atoms with Crippen molar-refractivity contribution >= 4 is 40.7 Å². The molecule has 17 heteroatoms. The number of dihydropyridines is 1. The van der Waals surface area contributed by atoms with E-state index in [1.165, 1.54) is 7.11 Å². The molecular weight excluding hydrogens is 854 g/mol. The van der Waals surface area contributed by atoms with E-state index >= 15 is 0 Å². The van der Waals surface area contributed by atoms with E-state index in [4.69, 9.17) is 48.7 Å². The van der Waals surface area contributed by atoms with Crippen LogP contribution in [0.5, 0.6) is 0 Å². The minimum Gasteiger partial charge on any atom is -0.466 e. The number of nitrogens with one attached hydrogen (secondary N) is 2. The average molecular weight is 911 g/mol. The second kappa shape index (κ2) is 23.6. The van der Waals surface area contributed by atoms with Crippen LogP contribution < -0.4 is 16.6 Å². The van der Waals surface area contributed by atoms with Crippen molar-refractivity contribution in [2.75, 3.05) is 47.6 Å². The molecule has 1 unspecified atom stereocenters. The first-order valence-electron chi connectivity index (χ1n) is 21.0. The van der Waals surface area contributed by atoms with Gasteiger partial charge in [-0.25, -0.2) is 14.6 Å². The zero-order valence-electron chi connectivity index (χ0n) is 37.4. The number of H-pyrrole nitrogens is 1. The standard InChI is InChI=1S/C27H31N7OS.C20H25ClN2O5/c1-5-6-11-24-28-18(2)23(16-25(36)33(3)4)27(35)34(24)17-19-12-14-20(15-13-19)21-9-7-8-10-22(21)26-29-31-32-30-26;1-4-28-20(25)18-15(11-27-10-9-22)23-12(2)16(19(24)26-3)17(18)13-7-5-6-8-14(13)21/h7-10,12-15H,5-6,11,16-17H2,1-4H3,(H,29,30,31,32);5-8,17,23H,4,9-11,22H2,1-3H3. The first-order chi connectivity index (χ1) is 30.8. The summed E-state index contributed by atoms with van der Waals surface area (Å²) >= 11 is 11.9. The molecule has 0 radical (unpaired) electrons. The number of methoxy groups -OCH3 is 1. The number of hydrogen-bond donors (Lipinski definition) is 3. The molecular formula is C47H56ClN9O6S. The number of hydrogen-bond acceptors (Lipinski definition) is 13. The molecule has 3 heterocycles. The normalized spacial score (nSPS) is 13.5. The van der Waals surface area contributed by atoms with Crippen LogP contribution in [-0.2, 0) is 43.2 Å². The van der Waals surface area contributed by atoms with Crippen LogP contribution in [0.1, 0.15) is 67.7 Å². The number of thiocarbonyl (C=S) groups is 1. The molecule has 64 heavy (non-hydrogen) atoms. The summed E-state index contributed by atoms with van der Waals surface area (Å²) in [4.78, 5) is 46.5. The number of aromatic nitrogens is 6. The predicted octanol–water partition coefficient (Wildman–Crippen LogP) is 6.49. The second-order valence-corrected chi connectivity index (χ2v) is 16.0. The Morgan fingerprint density at radius 1 is 0.969 bits per heavy atom. The number of aryl methyl sites for hydroxylation is 2. The van der Waals surface area contributed by atoms with E-state index in [0.29, 0.717) is 65.1 Å². The average Bonchev–Trinajstić information content (AvgIpc) is 3.84. The third-order valence-electron chi connectivity index (χ3n) is 10.5. The Hall–Kier alpha value is -6.07. The quantitative estimate of drug-likeness (QED) is 0.0521. The maximum Gasteiger partial charge on any atom is 0.336 e. The molecule has 338 valence electrons. The van der Waals surface area contributed by atoms with Gasteiger partial charge in [-0.1, -0.05) is 104 Å². The monoisotopic (exact) mass is 909 g/mol. The van der Waals surface area contributed by atoms with Crippen LogP contribution in [0.3, 0.4) is 0 Å². The van der Waals surface area contributed by atoms with E-state index < -0.39 is 17.9 Å². The molecule has 1 atom stereocenters. The van der Waals surface area contributed by atoms with E-state index in [2.05, 4.69) is 57.1 Å². The number of rotatable bonds is 17. The SMILES string of the molecule is CCCCc1nc(C)c(CC(=S)N(C)C)c(=O)n1Cc1ccc(-c2ccccc2-c2nn[nH]n2)cc1.CCOC(=O)C1=C(COCCN)NC(C)=C(C(=O)OC)C1c1ccccc1Cl. The topological polar surface area (TPSA) is 192 Å². The molecule has 1 aliphatic heterocycles. The molecule has 1 aliphatic rings. The number of nitrogens with two attached hydrogens (primary N) is 1. The molecule has 15 nitrogen and oxygen atoms in total. The zero-order chi connectivity index (χ0) is 46.3. The van der Waals surface area contributed by atoms with Gasteiger partial charge in [0.25, 0.3) is 5.56 Å². The number of carbonyl (C=O) groups is 2. The largest absolute Gasteiger partial charge is 0.466 e. The Kier molecular flexibility index (Phi) is 18.0. The number of carbonyl (C=O) groups excluding carboxylic acids is 2. The summed E-state index contributed by atoms with van der Waals surface area (Å²) in [7, 11) is 5.09. The Morgan fingerprint density at radius 2 is 1.67 bits per heavy atom. The fourth-order valence-electron chi connectivity index (χ4n) is 7.25. The highest BCUT2D eigenvalue weighted by atomic mass is 35.5. The van der Waals surface area contributed by atoms with Gasteiger partial charge in [-0.2, -0.15) is 5.21 Å². The van der Waals surface area contributed by atoms with Crippen LogP contribution in [0.4, 0.5) is 0 Å². The summed E-state index contributed by atoms with van der Waals surface area (Å²) in [5.74, 6) is -0.488. The zero-order valence-corrected chi connectivity index (χ0v) is 38.9. The van der Waals surface area contributed by atoms with E-state index in [1.54, 1.807) is 38.1 Å². The van der Waals surface area contributed by atoms with Crippen molar-refractivity contribution in [3.63, 3.8) is 0 Å². The molecule has 3 aromatic carbocycles. The molecule has 6 rings (SSSR count). The van der Waals surface area contributed by atoms with E-state index in [-0.39, 0.29) is 24.3 Å². The fourth-order valence-corrected chi connectivity index (χ4v) is 7.64. The van der Waals surface area contributed by atoms with E-state index in [9.17, 15) is 14.4 Å². The minimum absolute atomic E-state index is 0.00988. The van der Waals surface area contributed by atoms with Crippen molar-refractivity contribution < 1.29 is 23.8 Å². The Balaban J connectivity index is 0.000000249. The number of unbranched alkanes of at least 4 members (excludes halogenated alkanes) is 1. The lowest BCUT2D eigenvalue weighted by molar-refractivity contribution is -0.139. The van der Waals surface area contributed by atoms with E-state index in [1.807, 2.05) is 54.8 Å². The second-order valence-electron chi connectivity index (χ2n) is 15.1. The van der Waals surface area contributed by atoms with Gasteiger partial charge >= 0.3 is 11.9 Å². The molecule has 0 fully saturated rings. The Bertz CT molecular complexity index is 2540. The lowest BCUT2D eigenvalue weighted by Crippen LogP contribution is -2.35. The van der Waals surface area contributed by atoms with Crippen molar-refractivity contribution in [1.82, 2.24) is 40.4 Å². The number of esters is 2. The van der Waals surface area contributed by atoms with Crippen LogP contribution in [-0.4, -0.2) is 99.6 Å². The Labute approximate surface area is 384 Å². The van der Waals surface area contributed by atoms with Crippen LogP contribution in [0.15, 0.2) is 100 Å². The van der Waals surface area contributed by atoms with Gasteiger partial charge in [0.15, 0.2) is 0 Å². The van der Waals surface area contributed by atoms with Gasteiger partial charge in [0.2, 0.25) is 5.82 Å². The highest BCUT2D eigenvalue weighted by Crippen LogP contribution is 2.42. The number of aromatic amines is 1. The summed E-state index contributed by atoms with van der Waals surface area (Å²) in [6.45, 7) is 8.92. The van der Waals surface area contributed by atoms with Gasteiger partial charge < -0.3 is 30.2 Å². The molecule has 0 bridgehead atoms. The fraction of sp³-hybridized carbons (Fsp3) is 0.362. The van der Waals surface area contributed by atoms with Gasteiger partial charge in [-0.15, -0.1) is 10.2 Å². The minimum atomic E-state index is -0.752. The third kappa shape index (κ3) is 11.9. The predicted molar refractivity (Wildman–Crippen MR) is 252 cm³/mol. The first kappa shape index (κ1) is 49.0. The van der Waals surface area contributed by atoms with E-state index in [0.717, 1.165) is 58.0 Å². The summed E-state index contributed by atoms with van der Waals surface area (Å²) in [6.07, 6.45) is 3.20. The number of halogens is 1. The molecule has 0 spiro atoms. The highest BCUT2D eigenvalue weighted by molar-refractivity contribution is 7.80. The summed E-state index contributed by atoms with van der Waals surface area (Å²) < 4.78 is 17.6. The van der Waals surface area contributed by atoms with Crippen LogP contribution in [0.25, 0.3) is 22.5 Å². The molecule has 0 saturated carbocycles. The van der Waals surface area contributed by atoms with Crippen LogP contribution in [0, 0.1) is 6.92 Å². The maximum absolute atomic E-state index is 13.6. The number of likely N-dealkylation sites (N-methyl/N-ethyl adjacent to an activating group) is 1. The van der Waals surface area contributed by atoms with Crippen molar-refractivity contribution in [3.05, 3.63) is 139 Å². The number of nitrogens with zero attached hydrogens (tertiary/aromatic N) is 6. The van der Waals surface area contributed by atoms with Crippen molar-refractivity contribution in [3.8, 4) is 22.5 Å². The molecule has 0 saturated heterocycles. The lowest BCUT2D eigenvalue weighted by atomic mass is 9.80. The summed E-state index contributed by atoms with van der Waals surface area (Å²) in [5, 5.41) is 18.0. The van der Waals surface area contributed by atoms with Crippen LogP contribution in [0.2, 0.25) is 5.02 Å². The number of allylic oxidation sites excluding steroid dienone is 1. The number of ether oxygens (including phenoxy) is 3. The third-order valence-corrected chi connectivity index (χ3v) is 11.4. The van der Waals surface area contributed by atoms with Crippen LogP contribution >= 0.6 is 23.8 Å². The molecule has 0 aliphatic carbocycles.